The number of hydrogen-bond donors (Lipinski definition) is 2. The van der Waals surface area contributed by atoms with Gasteiger partial charge in [0.05, 0.1) is 11.8 Å². The van der Waals surface area contributed by atoms with E-state index in [-0.39, 0.29) is 11.5 Å². The highest BCUT2D eigenvalue weighted by atomic mass is 19.4. The fraction of sp³-hybridized carbons (Fsp3) is 0.154. The Hall–Kier alpha value is -2.64. The molecule has 8 heteroatoms. The molecule has 5 nitrogen and oxygen atoms in total. The highest BCUT2D eigenvalue weighted by Crippen LogP contribution is 2.28. The lowest BCUT2D eigenvalue weighted by molar-refractivity contribution is -0.137. The van der Waals surface area contributed by atoms with E-state index >= 15 is 0 Å². The number of aryl methyl sites for hydroxylation is 1. The number of hydrazone groups is 1. The molecule has 0 unspecified atom stereocenters. The second-order valence-electron chi connectivity index (χ2n) is 4.23. The van der Waals surface area contributed by atoms with Crippen molar-refractivity contribution in [2.45, 2.75) is 13.1 Å². The third-order valence-electron chi connectivity index (χ3n) is 2.49. The molecule has 2 rings (SSSR count). The van der Waals surface area contributed by atoms with Crippen LogP contribution in [-0.2, 0) is 6.18 Å². The van der Waals surface area contributed by atoms with Crippen LogP contribution in [0.3, 0.4) is 0 Å². The number of hydrogen-bond acceptors (Lipinski definition) is 4. The molecule has 0 aliphatic heterocycles. The normalized spacial score (nSPS) is 11.8. The molecule has 0 atom stereocenters. The van der Waals surface area contributed by atoms with Gasteiger partial charge in [-0.2, -0.15) is 18.3 Å². The van der Waals surface area contributed by atoms with E-state index in [1.54, 1.807) is 6.92 Å². The summed E-state index contributed by atoms with van der Waals surface area (Å²) < 4.78 is 37.1. The molecule has 0 amide bonds. The third-order valence-corrected chi connectivity index (χ3v) is 2.49. The summed E-state index contributed by atoms with van der Waals surface area (Å²) in [4.78, 5) is 17.6. The number of H-pyrrole nitrogens is 1. The summed E-state index contributed by atoms with van der Waals surface area (Å²) in [5.74, 6) is 0.156. The summed E-state index contributed by atoms with van der Waals surface area (Å²) in [5.41, 5.74) is 2.45. The van der Waals surface area contributed by atoms with Gasteiger partial charge in [0.15, 0.2) is 0 Å². The molecule has 2 aromatic rings. The predicted octanol–water partition coefficient (Wildman–Crippen LogP) is 2.54. The van der Waals surface area contributed by atoms with Gasteiger partial charge < -0.3 is 0 Å². The van der Waals surface area contributed by atoms with Gasteiger partial charge in [-0.3, -0.25) is 9.78 Å². The maximum absolute atomic E-state index is 12.4. The second kappa shape index (κ2) is 5.78. The molecule has 0 aliphatic carbocycles. The van der Waals surface area contributed by atoms with Crippen LogP contribution in [0.25, 0.3) is 0 Å². The molecule has 1 aromatic heterocycles. The molecule has 2 N–H and O–H groups in total. The van der Waals surface area contributed by atoms with Crippen molar-refractivity contribution in [3.8, 4) is 0 Å². The van der Waals surface area contributed by atoms with Crippen molar-refractivity contribution in [2.75, 3.05) is 5.43 Å². The fourth-order valence-electron chi connectivity index (χ4n) is 1.56. The fourth-order valence-corrected chi connectivity index (χ4v) is 1.56. The largest absolute Gasteiger partial charge is 0.416 e. The van der Waals surface area contributed by atoms with Crippen LogP contribution < -0.4 is 11.0 Å². The van der Waals surface area contributed by atoms with Gasteiger partial charge in [0.25, 0.3) is 5.56 Å². The first-order valence-corrected chi connectivity index (χ1v) is 5.89. The van der Waals surface area contributed by atoms with Crippen LogP contribution in [0.5, 0.6) is 0 Å². The Bertz CT molecular complexity index is 705. The lowest BCUT2D eigenvalue weighted by Crippen LogP contribution is -2.10. The number of rotatable bonds is 3. The van der Waals surface area contributed by atoms with Crippen LogP contribution in [0.2, 0.25) is 0 Å². The van der Waals surface area contributed by atoms with E-state index in [4.69, 9.17) is 0 Å². The summed E-state index contributed by atoms with van der Waals surface area (Å²) in [6.07, 6.45) is -3.04. The highest BCUT2D eigenvalue weighted by Gasteiger charge is 2.29. The summed E-state index contributed by atoms with van der Waals surface area (Å²) >= 11 is 0. The van der Waals surface area contributed by atoms with Gasteiger partial charge in [0.2, 0.25) is 5.95 Å². The smallest absolute Gasteiger partial charge is 0.291 e. The molecule has 0 fully saturated rings. The average Bonchev–Trinajstić information content (AvgIpc) is 2.37. The summed E-state index contributed by atoms with van der Waals surface area (Å²) in [5, 5.41) is 3.80. The summed E-state index contributed by atoms with van der Waals surface area (Å²) in [7, 11) is 0. The number of aromatic nitrogens is 2. The minimum Gasteiger partial charge on any atom is -0.291 e. The van der Waals surface area contributed by atoms with Gasteiger partial charge in [-0.15, -0.1) is 0 Å². The number of nitrogens with one attached hydrogen (secondary N) is 2. The maximum Gasteiger partial charge on any atom is 0.416 e. The SMILES string of the molecule is Cc1cc(=O)[nH]c(N/N=C\c2ccc(C(F)(F)F)cc2)n1. The van der Waals surface area contributed by atoms with Crippen molar-refractivity contribution in [3.05, 3.63) is 57.5 Å². The first-order valence-electron chi connectivity index (χ1n) is 5.89. The zero-order valence-electron chi connectivity index (χ0n) is 10.9. The maximum atomic E-state index is 12.4. The van der Waals surface area contributed by atoms with Gasteiger partial charge in [-0.05, 0) is 24.6 Å². The first kappa shape index (κ1) is 14.8. The third kappa shape index (κ3) is 4.16. The molecule has 1 heterocycles. The van der Waals surface area contributed by atoms with Crippen LogP contribution in [0.1, 0.15) is 16.8 Å². The Kier molecular flexibility index (Phi) is 4.06. The van der Waals surface area contributed by atoms with Gasteiger partial charge in [-0.1, -0.05) is 12.1 Å². The number of alkyl halides is 3. The van der Waals surface area contributed by atoms with Gasteiger partial charge in [0.1, 0.15) is 0 Å². The van der Waals surface area contributed by atoms with E-state index in [0.29, 0.717) is 11.3 Å². The van der Waals surface area contributed by atoms with E-state index in [1.165, 1.54) is 24.4 Å². The zero-order chi connectivity index (χ0) is 15.5. The van der Waals surface area contributed by atoms with Crippen LogP contribution in [-0.4, -0.2) is 16.2 Å². The monoisotopic (exact) mass is 296 g/mol. The second-order valence-corrected chi connectivity index (χ2v) is 4.23. The van der Waals surface area contributed by atoms with Crippen LogP contribution in [0, 0.1) is 6.92 Å². The van der Waals surface area contributed by atoms with E-state index < -0.39 is 11.7 Å². The number of nitrogens with zero attached hydrogens (tertiary/aromatic N) is 2. The molecule has 21 heavy (non-hydrogen) atoms. The minimum atomic E-state index is -4.36. The number of halogens is 3. The average molecular weight is 296 g/mol. The Labute approximate surface area is 117 Å². The summed E-state index contributed by atoms with van der Waals surface area (Å²) in [6.45, 7) is 1.65. The van der Waals surface area contributed by atoms with E-state index in [0.717, 1.165) is 12.1 Å². The van der Waals surface area contributed by atoms with Crippen molar-refractivity contribution >= 4 is 12.2 Å². The van der Waals surface area contributed by atoms with Gasteiger partial charge in [-0.25, -0.2) is 10.4 Å². The molecule has 110 valence electrons. The topological polar surface area (TPSA) is 70.1 Å². The Morgan fingerprint density at radius 1 is 1.29 bits per heavy atom. The molecule has 0 spiro atoms. The van der Waals surface area contributed by atoms with Crippen LogP contribution >= 0.6 is 0 Å². The first-order chi connectivity index (χ1) is 9.84. The van der Waals surface area contributed by atoms with E-state index in [2.05, 4.69) is 20.5 Å². The lowest BCUT2D eigenvalue weighted by atomic mass is 10.1. The van der Waals surface area contributed by atoms with Crippen LogP contribution in [0.15, 0.2) is 40.2 Å². The van der Waals surface area contributed by atoms with Crippen molar-refractivity contribution in [2.24, 2.45) is 5.10 Å². The molecule has 0 aliphatic rings. The molecule has 0 radical (unpaired) electrons. The number of anilines is 1. The summed E-state index contributed by atoms with van der Waals surface area (Å²) in [6, 6.07) is 5.84. The minimum absolute atomic E-state index is 0.156. The van der Waals surface area contributed by atoms with Crippen molar-refractivity contribution < 1.29 is 13.2 Å². The molecule has 0 saturated carbocycles. The zero-order valence-corrected chi connectivity index (χ0v) is 10.9. The Morgan fingerprint density at radius 3 is 2.52 bits per heavy atom. The quantitative estimate of drug-likeness (QED) is 0.675. The lowest BCUT2D eigenvalue weighted by Gasteiger charge is -2.05. The van der Waals surface area contributed by atoms with Crippen molar-refractivity contribution in [1.82, 2.24) is 9.97 Å². The molecular weight excluding hydrogens is 285 g/mol. The highest BCUT2D eigenvalue weighted by molar-refractivity contribution is 5.80. The molecule has 0 saturated heterocycles. The van der Waals surface area contributed by atoms with Gasteiger partial charge in [0, 0.05) is 11.8 Å². The molecule has 1 aromatic carbocycles. The van der Waals surface area contributed by atoms with E-state index in [9.17, 15) is 18.0 Å². The number of benzene rings is 1. The predicted molar refractivity (Wildman–Crippen MR) is 72.3 cm³/mol. The Morgan fingerprint density at radius 2 is 1.95 bits per heavy atom. The Balaban J connectivity index is 2.06. The molecule has 0 bridgehead atoms. The van der Waals surface area contributed by atoms with Gasteiger partial charge >= 0.3 is 6.18 Å². The molecular formula is C13H11F3N4O. The standard InChI is InChI=1S/C13H11F3N4O/c1-8-6-11(21)19-12(18-8)20-17-7-9-2-4-10(5-3-9)13(14,15)16/h2-7H,1H3,(H2,18,19,20,21)/b17-7-. The van der Waals surface area contributed by atoms with Crippen LogP contribution in [0.4, 0.5) is 19.1 Å². The van der Waals surface area contributed by atoms with Crippen molar-refractivity contribution in [3.63, 3.8) is 0 Å². The van der Waals surface area contributed by atoms with E-state index in [1.807, 2.05) is 0 Å². The van der Waals surface area contributed by atoms with Crippen molar-refractivity contribution in [1.29, 1.82) is 0 Å². The number of aromatic amines is 1.